The van der Waals surface area contributed by atoms with Crippen molar-refractivity contribution in [3.63, 3.8) is 0 Å². The predicted octanol–water partition coefficient (Wildman–Crippen LogP) is 3.06. The lowest BCUT2D eigenvalue weighted by atomic mass is 9.95. The van der Waals surface area contributed by atoms with Gasteiger partial charge in [-0.2, -0.15) is 13.2 Å². The number of carbonyl (C=O) groups excluding carboxylic acids is 2. The van der Waals surface area contributed by atoms with E-state index in [0.29, 0.717) is 31.0 Å². The van der Waals surface area contributed by atoms with E-state index in [9.17, 15) is 22.8 Å². The van der Waals surface area contributed by atoms with Crippen LogP contribution in [0, 0.1) is 5.92 Å². The summed E-state index contributed by atoms with van der Waals surface area (Å²) in [5.41, 5.74) is -0.0501. The molecule has 1 aromatic carbocycles. The molecule has 0 N–H and O–H groups in total. The van der Waals surface area contributed by atoms with Gasteiger partial charge in [0.05, 0.1) is 11.5 Å². The Morgan fingerprint density at radius 1 is 1.20 bits per heavy atom. The minimum Gasteiger partial charge on any atom is -0.341 e. The summed E-state index contributed by atoms with van der Waals surface area (Å²) in [6, 6.07) is 5.15. The third-order valence-corrected chi connectivity index (χ3v) is 4.86. The third-order valence-electron chi connectivity index (χ3n) is 4.86. The monoisotopic (exact) mass is 354 g/mol. The Balaban J connectivity index is 1.59. The number of likely N-dealkylation sites (tertiary alicyclic amines) is 1. The molecule has 3 rings (SSSR count). The van der Waals surface area contributed by atoms with Crippen LogP contribution in [-0.4, -0.2) is 41.2 Å². The molecule has 1 atom stereocenters. The van der Waals surface area contributed by atoms with Crippen molar-refractivity contribution >= 4 is 11.8 Å². The first-order valence-corrected chi connectivity index (χ1v) is 8.46. The molecule has 0 aromatic heterocycles. The van der Waals surface area contributed by atoms with Crippen LogP contribution in [0.15, 0.2) is 24.3 Å². The van der Waals surface area contributed by atoms with Gasteiger partial charge in [0.25, 0.3) is 0 Å². The summed E-state index contributed by atoms with van der Waals surface area (Å²) < 4.78 is 37.8. The number of alkyl halides is 3. The second kappa shape index (κ2) is 6.69. The fourth-order valence-electron chi connectivity index (χ4n) is 3.27. The summed E-state index contributed by atoms with van der Waals surface area (Å²) in [5.74, 6) is -0.160. The van der Waals surface area contributed by atoms with Gasteiger partial charge in [-0.05, 0) is 37.0 Å². The predicted molar refractivity (Wildman–Crippen MR) is 85.4 cm³/mol. The molecule has 0 unspecified atom stereocenters. The van der Waals surface area contributed by atoms with Crippen molar-refractivity contribution in [2.45, 2.75) is 44.4 Å². The van der Waals surface area contributed by atoms with Crippen LogP contribution in [0.2, 0.25) is 0 Å². The van der Waals surface area contributed by atoms with Gasteiger partial charge >= 0.3 is 6.18 Å². The van der Waals surface area contributed by atoms with Crippen LogP contribution in [0.1, 0.15) is 36.8 Å². The Morgan fingerprint density at radius 3 is 2.40 bits per heavy atom. The molecule has 2 amide bonds. The number of hydrogen-bond acceptors (Lipinski definition) is 2. The summed E-state index contributed by atoms with van der Waals surface area (Å²) in [6.07, 6.45) is -1.41. The summed E-state index contributed by atoms with van der Waals surface area (Å²) in [5, 5.41) is 0. The van der Waals surface area contributed by atoms with E-state index in [0.717, 1.165) is 25.0 Å². The smallest absolute Gasteiger partial charge is 0.341 e. The van der Waals surface area contributed by atoms with Gasteiger partial charge in [-0.1, -0.05) is 12.1 Å². The normalized spacial score (nSPS) is 21.4. The van der Waals surface area contributed by atoms with Crippen LogP contribution in [-0.2, 0) is 22.3 Å². The molecule has 0 bridgehead atoms. The minimum atomic E-state index is -4.36. The maximum Gasteiger partial charge on any atom is 0.416 e. The van der Waals surface area contributed by atoms with Crippen molar-refractivity contribution in [3.05, 3.63) is 35.4 Å². The fraction of sp³-hybridized carbons (Fsp3) is 0.556. The van der Waals surface area contributed by atoms with Crippen molar-refractivity contribution in [2.75, 3.05) is 13.6 Å². The first-order valence-electron chi connectivity index (χ1n) is 8.46. The molecular formula is C18H21F3N2O2. The van der Waals surface area contributed by atoms with Gasteiger partial charge in [-0.15, -0.1) is 0 Å². The average molecular weight is 354 g/mol. The van der Waals surface area contributed by atoms with Crippen LogP contribution in [0.5, 0.6) is 0 Å². The van der Waals surface area contributed by atoms with E-state index in [1.54, 1.807) is 7.05 Å². The van der Waals surface area contributed by atoms with Gasteiger partial charge < -0.3 is 9.80 Å². The van der Waals surface area contributed by atoms with Crippen molar-refractivity contribution in [2.24, 2.45) is 5.92 Å². The first kappa shape index (κ1) is 17.8. The molecule has 1 aliphatic carbocycles. The van der Waals surface area contributed by atoms with E-state index in [-0.39, 0.29) is 24.3 Å². The molecule has 136 valence electrons. The van der Waals surface area contributed by atoms with Crippen LogP contribution >= 0.6 is 0 Å². The molecule has 4 nitrogen and oxygen atoms in total. The summed E-state index contributed by atoms with van der Waals surface area (Å²) in [4.78, 5) is 27.9. The summed E-state index contributed by atoms with van der Waals surface area (Å²) in [6.45, 7) is 0.713. The molecule has 1 saturated carbocycles. The molecule has 2 aliphatic rings. The lowest BCUT2D eigenvalue weighted by molar-refractivity contribution is -0.143. The second-order valence-electron chi connectivity index (χ2n) is 6.90. The van der Waals surface area contributed by atoms with E-state index in [1.165, 1.54) is 17.0 Å². The van der Waals surface area contributed by atoms with Crippen molar-refractivity contribution in [3.8, 4) is 0 Å². The van der Waals surface area contributed by atoms with Gasteiger partial charge in [0.1, 0.15) is 0 Å². The Bertz CT molecular complexity index is 653. The van der Waals surface area contributed by atoms with Crippen LogP contribution in [0.3, 0.4) is 0 Å². The van der Waals surface area contributed by atoms with Crippen molar-refractivity contribution < 1.29 is 22.8 Å². The van der Waals surface area contributed by atoms with Crippen LogP contribution in [0.4, 0.5) is 13.2 Å². The molecule has 1 aromatic rings. The third kappa shape index (κ3) is 4.14. The number of amides is 2. The lowest BCUT2D eigenvalue weighted by Crippen LogP contribution is -2.46. The number of hydrogen-bond donors (Lipinski definition) is 0. The van der Waals surface area contributed by atoms with E-state index in [4.69, 9.17) is 0 Å². The number of nitrogens with zero attached hydrogens (tertiary/aromatic N) is 2. The van der Waals surface area contributed by atoms with E-state index in [2.05, 4.69) is 0 Å². The number of rotatable bonds is 4. The molecule has 0 spiro atoms. The SMILES string of the molecule is CN(Cc1ccc(C(F)(F)F)cc1)C(=O)[C@@H]1CCC(=O)N(C2CC2)C1. The van der Waals surface area contributed by atoms with Gasteiger partial charge in [0.2, 0.25) is 11.8 Å². The summed E-state index contributed by atoms with van der Waals surface area (Å²) >= 11 is 0. The molecular weight excluding hydrogens is 333 g/mol. The van der Waals surface area contributed by atoms with Crippen molar-refractivity contribution in [1.82, 2.24) is 9.80 Å². The van der Waals surface area contributed by atoms with Gasteiger partial charge in [-0.3, -0.25) is 9.59 Å². The zero-order valence-electron chi connectivity index (χ0n) is 14.1. The topological polar surface area (TPSA) is 40.6 Å². The highest BCUT2D eigenvalue weighted by atomic mass is 19.4. The lowest BCUT2D eigenvalue weighted by Gasteiger charge is -2.34. The van der Waals surface area contributed by atoms with Crippen LogP contribution < -0.4 is 0 Å². The molecule has 25 heavy (non-hydrogen) atoms. The zero-order valence-corrected chi connectivity index (χ0v) is 14.1. The Kier molecular flexibility index (Phi) is 4.75. The maximum absolute atomic E-state index is 12.6. The number of piperidine rings is 1. The second-order valence-corrected chi connectivity index (χ2v) is 6.90. The quantitative estimate of drug-likeness (QED) is 0.834. The zero-order chi connectivity index (χ0) is 18.2. The number of halogens is 3. The van der Waals surface area contributed by atoms with Crippen molar-refractivity contribution in [1.29, 1.82) is 0 Å². The maximum atomic E-state index is 12.6. The van der Waals surface area contributed by atoms with E-state index in [1.807, 2.05) is 4.90 Å². The standard InChI is InChI=1S/C18H21F3N2O2/c1-22(10-12-2-5-14(6-3-12)18(19,20)21)17(25)13-4-9-16(24)23(11-13)15-7-8-15/h2-3,5-6,13,15H,4,7-11H2,1H3/t13-/m1/s1. The average Bonchev–Trinajstić information content (AvgIpc) is 3.39. The van der Waals surface area contributed by atoms with E-state index >= 15 is 0 Å². The molecule has 1 aliphatic heterocycles. The molecule has 2 fully saturated rings. The number of benzene rings is 1. The number of carbonyl (C=O) groups is 2. The molecule has 1 heterocycles. The van der Waals surface area contributed by atoms with Gasteiger partial charge in [0, 0.05) is 32.6 Å². The minimum absolute atomic E-state index is 0.0574. The highest BCUT2D eigenvalue weighted by Crippen LogP contribution is 2.32. The highest BCUT2D eigenvalue weighted by Gasteiger charge is 2.39. The highest BCUT2D eigenvalue weighted by molar-refractivity contribution is 5.84. The van der Waals surface area contributed by atoms with Gasteiger partial charge in [0.15, 0.2) is 0 Å². The Labute approximate surface area is 144 Å². The Hall–Kier alpha value is -2.05. The largest absolute Gasteiger partial charge is 0.416 e. The fourth-order valence-corrected chi connectivity index (χ4v) is 3.27. The molecule has 7 heteroatoms. The van der Waals surface area contributed by atoms with Crippen LogP contribution in [0.25, 0.3) is 0 Å². The Morgan fingerprint density at radius 2 is 1.84 bits per heavy atom. The first-order chi connectivity index (χ1) is 11.8. The molecule has 0 radical (unpaired) electrons. The van der Waals surface area contributed by atoms with Gasteiger partial charge in [-0.25, -0.2) is 0 Å². The summed E-state index contributed by atoms with van der Waals surface area (Å²) in [7, 11) is 1.65. The molecule has 1 saturated heterocycles. The van der Waals surface area contributed by atoms with E-state index < -0.39 is 11.7 Å².